The minimum Gasteiger partial charge on any atom is -0.476 e. The van der Waals surface area contributed by atoms with Crippen LogP contribution in [0.15, 0.2) is 47.6 Å². The monoisotopic (exact) mass is 328 g/mol. The first-order valence-corrected chi connectivity index (χ1v) is 8.89. The van der Waals surface area contributed by atoms with Crippen molar-refractivity contribution in [1.82, 2.24) is 5.32 Å². The normalized spacial score (nSPS) is 21.7. The Labute approximate surface area is 145 Å². The second kappa shape index (κ2) is 9.91. The maximum Gasteiger partial charge on any atom is 0.245 e. The summed E-state index contributed by atoms with van der Waals surface area (Å²) in [6, 6.07) is 10.3. The lowest BCUT2D eigenvalue weighted by Gasteiger charge is -2.28. The summed E-state index contributed by atoms with van der Waals surface area (Å²) in [5.74, 6) is 1.12. The third-order valence-electron chi connectivity index (χ3n) is 4.43. The third kappa shape index (κ3) is 6.19. The van der Waals surface area contributed by atoms with Crippen LogP contribution in [0.1, 0.15) is 51.5 Å². The van der Waals surface area contributed by atoms with Gasteiger partial charge in [0.25, 0.3) is 0 Å². The van der Waals surface area contributed by atoms with Gasteiger partial charge in [0.05, 0.1) is 0 Å². The molecule has 130 valence electrons. The standard InChI is InChI=1S/C20H28N2O2/c1-3-20(24-15-17-10-5-4-6-11-17)21-14-13-19(23)22-18-12-8-7-9-16(18)2/h4-6,10-11,13-14,16,18H,3,7-9,12,15H2,1-2H3,(H,22,23)/b14-13+,21-20?. The Bertz CT molecular complexity index is 566. The van der Waals surface area contributed by atoms with Crippen LogP contribution >= 0.6 is 0 Å². The lowest BCUT2D eigenvalue weighted by atomic mass is 9.86. The Morgan fingerprint density at radius 3 is 2.75 bits per heavy atom. The van der Waals surface area contributed by atoms with Crippen molar-refractivity contribution in [2.45, 2.75) is 58.6 Å². The summed E-state index contributed by atoms with van der Waals surface area (Å²) in [7, 11) is 0. The topological polar surface area (TPSA) is 50.7 Å². The Balaban J connectivity index is 1.80. The van der Waals surface area contributed by atoms with E-state index in [1.807, 2.05) is 37.3 Å². The smallest absolute Gasteiger partial charge is 0.245 e. The van der Waals surface area contributed by atoms with E-state index >= 15 is 0 Å². The molecular formula is C20H28N2O2. The van der Waals surface area contributed by atoms with Crippen molar-refractivity contribution in [2.24, 2.45) is 10.9 Å². The second-order valence-corrected chi connectivity index (χ2v) is 6.34. The number of amides is 1. The zero-order valence-electron chi connectivity index (χ0n) is 14.7. The molecule has 1 N–H and O–H groups in total. The third-order valence-corrected chi connectivity index (χ3v) is 4.43. The number of carbonyl (C=O) groups excluding carboxylic acids is 1. The Kier molecular flexibility index (Phi) is 7.53. The van der Waals surface area contributed by atoms with Crippen molar-refractivity contribution in [2.75, 3.05) is 0 Å². The number of nitrogens with zero attached hydrogens (tertiary/aromatic N) is 1. The highest BCUT2D eigenvalue weighted by Gasteiger charge is 2.21. The minimum atomic E-state index is -0.0731. The molecule has 0 aromatic heterocycles. The van der Waals surface area contributed by atoms with Gasteiger partial charge in [-0.2, -0.15) is 0 Å². The van der Waals surface area contributed by atoms with E-state index in [1.54, 1.807) is 0 Å². The molecule has 2 atom stereocenters. The number of hydrogen-bond acceptors (Lipinski definition) is 3. The average molecular weight is 328 g/mol. The Morgan fingerprint density at radius 2 is 2.04 bits per heavy atom. The van der Waals surface area contributed by atoms with E-state index in [-0.39, 0.29) is 5.91 Å². The number of ether oxygens (including phenoxy) is 1. The van der Waals surface area contributed by atoms with Crippen LogP contribution in [0.2, 0.25) is 0 Å². The summed E-state index contributed by atoms with van der Waals surface area (Å²) in [4.78, 5) is 16.3. The number of carbonyl (C=O) groups is 1. The van der Waals surface area contributed by atoms with Gasteiger partial charge in [0, 0.05) is 24.7 Å². The first kappa shape index (κ1) is 18.2. The Hall–Kier alpha value is -2.10. The zero-order chi connectivity index (χ0) is 17.2. The molecule has 2 unspecified atom stereocenters. The van der Waals surface area contributed by atoms with E-state index in [2.05, 4.69) is 17.2 Å². The van der Waals surface area contributed by atoms with E-state index in [9.17, 15) is 4.79 Å². The first-order chi connectivity index (χ1) is 11.7. The molecular weight excluding hydrogens is 300 g/mol. The predicted molar refractivity (Wildman–Crippen MR) is 97.7 cm³/mol. The fraction of sp³-hybridized carbons (Fsp3) is 0.500. The lowest BCUT2D eigenvalue weighted by molar-refractivity contribution is -0.117. The SMILES string of the molecule is CCC(=N/C=C/C(=O)NC1CCCCC1C)OCc1ccccc1. The van der Waals surface area contributed by atoms with Crippen LogP contribution in [-0.4, -0.2) is 17.8 Å². The van der Waals surface area contributed by atoms with Crippen molar-refractivity contribution in [3.05, 3.63) is 48.2 Å². The summed E-state index contributed by atoms with van der Waals surface area (Å²) >= 11 is 0. The maximum absolute atomic E-state index is 12.0. The highest BCUT2D eigenvalue weighted by Crippen LogP contribution is 2.23. The molecule has 2 rings (SSSR count). The minimum absolute atomic E-state index is 0.0731. The highest BCUT2D eigenvalue weighted by atomic mass is 16.5. The molecule has 1 amide bonds. The molecule has 0 spiro atoms. The summed E-state index contributed by atoms with van der Waals surface area (Å²) in [6.07, 6.45) is 8.45. The van der Waals surface area contributed by atoms with E-state index in [0.29, 0.717) is 30.9 Å². The van der Waals surface area contributed by atoms with Crippen molar-refractivity contribution in [1.29, 1.82) is 0 Å². The largest absolute Gasteiger partial charge is 0.476 e. The molecule has 4 heteroatoms. The number of hydrogen-bond donors (Lipinski definition) is 1. The summed E-state index contributed by atoms with van der Waals surface area (Å²) < 4.78 is 5.69. The molecule has 4 nitrogen and oxygen atoms in total. The van der Waals surface area contributed by atoms with Crippen molar-refractivity contribution < 1.29 is 9.53 Å². The van der Waals surface area contributed by atoms with Gasteiger partial charge in [-0.3, -0.25) is 4.79 Å². The van der Waals surface area contributed by atoms with E-state index in [0.717, 1.165) is 12.0 Å². The number of benzene rings is 1. The zero-order valence-corrected chi connectivity index (χ0v) is 14.7. The van der Waals surface area contributed by atoms with E-state index < -0.39 is 0 Å². The number of rotatable bonds is 6. The van der Waals surface area contributed by atoms with Crippen LogP contribution in [0.3, 0.4) is 0 Å². The second-order valence-electron chi connectivity index (χ2n) is 6.34. The lowest BCUT2D eigenvalue weighted by Crippen LogP contribution is -2.40. The summed E-state index contributed by atoms with van der Waals surface area (Å²) in [6.45, 7) is 4.69. The van der Waals surface area contributed by atoms with E-state index in [4.69, 9.17) is 4.74 Å². The van der Waals surface area contributed by atoms with Gasteiger partial charge >= 0.3 is 0 Å². The molecule has 0 aliphatic heterocycles. The molecule has 0 bridgehead atoms. The number of nitrogens with one attached hydrogen (secondary N) is 1. The van der Waals surface area contributed by atoms with Gasteiger partial charge < -0.3 is 10.1 Å². The Morgan fingerprint density at radius 1 is 1.29 bits per heavy atom. The van der Waals surface area contributed by atoms with Gasteiger partial charge in [0.1, 0.15) is 6.61 Å². The molecule has 1 aromatic carbocycles. The average Bonchev–Trinajstić information content (AvgIpc) is 2.61. The fourth-order valence-corrected chi connectivity index (χ4v) is 2.92. The van der Waals surface area contributed by atoms with Gasteiger partial charge in [-0.1, -0.05) is 57.0 Å². The molecule has 0 heterocycles. The molecule has 1 aromatic rings. The molecule has 0 saturated heterocycles. The van der Waals surface area contributed by atoms with Crippen LogP contribution in [-0.2, 0) is 16.1 Å². The van der Waals surface area contributed by atoms with Crippen LogP contribution in [0.5, 0.6) is 0 Å². The van der Waals surface area contributed by atoms with Crippen molar-refractivity contribution in [3.8, 4) is 0 Å². The predicted octanol–water partition coefficient (Wildman–Crippen LogP) is 4.22. The van der Waals surface area contributed by atoms with Crippen LogP contribution in [0, 0.1) is 5.92 Å². The fourth-order valence-electron chi connectivity index (χ4n) is 2.92. The molecule has 24 heavy (non-hydrogen) atoms. The van der Waals surface area contributed by atoms with Crippen molar-refractivity contribution in [3.63, 3.8) is 0 Å². The maximum atomic E-state index is 12.0. The van der Waals surface area contributed by atoms with Crippen molar-refractivity contribution >= 4 is 11.8 Å². The van der Waals surface area contributed by atoms with Gasteiger partial charge in [-0.25, -0.2) is 4.99 Å². The summed E-state index contributed by atoms with van der Waals surface area (Å²) in [5.41, 5.74) is 1.10. The molecule has 1 fully saturated rings. The highest BCUT2D eigenvalue weighted by molar-refractivity contribution is 5.88. The molecule has 1 aliphatic rings. The van der Waals surface area contributed by atoms with Crippen LogP contribution in [0.25, 0.3) is 0 Å². The molecule has 1 aliphatic carbocycles. The quantitative estimate of drug-likeness (QED) is 0.483. The number of aliphatic imine (C=N–C) groups is 1. The molecule has 0 radical (unpaired) electrons. The molecule has 1 saturated carbocycles. The first-order valence-electron chi connectivity index (χ1n) is 8.89. The van der Waals surface area contributed by atoms with Gasteiger partial charge in [0.2, 0.25) is 5.91 Å². The van der Waals surface area contributed by atoms with Gasteiger partial charge in [-0.05, 0) is 24.3 Å². The summed E-state index contributed by atoms with van der Waals surface area (Å²) in [5, 5.41) is 3.08. The van der Waals surface area contributed by atoms with Gasteiger partial charge in [0.15, 0.2) is 5.90 Å². The van der Waals surface area contributed by atoms with Crippen LogP contribution < -0.4 is 5.32 Å². The van der Waals surface area contributed by atoms with Crippen LogP contribution in [0.4, 0.5) is 0 Å². The van der Waals surface area contributed by atoms with Gasteiger partial charge in [-0.15, -0.1) is 0 Å². The van der Waals surface area contributed by atoms with E-state index in [1.165, 1.54) is 31.5 Å².